The summed E-state index contributed by atoms with van der Waals surface area (Å²) in [5, 5.41) is 11.3. The van der Waals surface area contributed by atoms with Gasteiger partial charge in [-0.1, -0.05) is 164 Å². The Bertz CT molecular complexity index is 3110. The van der Waals surface area contributed by atoms with Crippen molar-refractivity contribution in [2.24, 2.45) is 0 Å². The Morgan fingerprint density at radius 2 is 0.727 bits per heavy atom. The number of hydrogen-bond acceptors (Lipinski definition) is 0. The standard InChI is InChI=1S/C54H35N/c1-3-15-36(16-4-1)38-27-28-54-52(32-38)53(37-17-5-2-6-18-37)35-55(54)43-30-41(50-33-39-19-7-9-21-44(39)46-23-11-13-25-48(46)50)29-42(31-43)51-34-40-20-8-10-22-45(40)47-24-12-14-26-49(47)51/h1-35H. The van der Waals surface area contributed by atoms with Gasteiger partial charge in [0.25, 0.3) is 0 Å². The predicted molar refractivity (Wildman–Crippen MR) is 235 cm³/mol. The van der Waals surface area contributed by atoms with Crippen LogP contribution < -0.4 is 0 Å². The van der Waals surface area contributed by atoms with Crippen molar-refractivity contribution in [2.45, 2.75) is 0 Å². The van der Waals surface area contributed by atoms with Crippen molar-refractivity contribution in [3.8, 4) is 50.2 Å². The third-order valence-corrected chi connectivity index (χ3v) is 11.4. The van der Waals surface area contributed by atoms with E-state index in [1.165, 1.54) is 98.5 Å². The van der Waals surface area contributed by atoms with Crippen LogP contribution in [0.2, 0.25) is 0 Å². The van der Waals surface area contributed by atoms with Gasteiger partial charge in [-0.15, -0.1) is 0 Å². The van der Waals surface area contributed by atoms with E-state index in [9.17, 15) is 0 Å². The Labute approximate surface area is 320 Å². The fourth-order valence-electron chi connectivity index (χ4n) is 8.75. The molecule has 0 saturated carbocycles. The van der Waals surface area contributed by atoms with E-state index in [0.29, 0.717) is 0 Å². The molecule has 0 radical (unpaired) electrons. The van der Waals surface area contributed by atoms with E-state index in [4.69, 9.17) is 0 Å². The molecule has 10 aromatic carbocycles. The molecule has 55 heavy (non-hydrogen) atoms. The van der Waals surface area contributed by atoms with E-state index in [0.717, 1.165) is 5.69 Å². The lowest BCUT2D eigenvalue weighted by atomic mass is 9.89. The van der Waals surface area contributed by atoms with Crippen LogP contribution in [0.25, 0.3) is 104 Å². The number of aromatic nitrogens is 1. The molecule has 0 aliphatic heterocycles. The molecule has 0 N–H and O–H groups in total. The molecule has 1 heterocycles. The van der Waals surface area contributed by atoms with Crippen LogP contribution >= 0.6 is 0 Å². The number of hydrogen-bond donors (Lipinski definition) is 0. The average molecular weight is 698 g/mol. The number of fused-ring (bicyclic) bond motifs is 7. The molecule has 0 aliphatic rings. The highest BCUT2D eigenvalue weighted by atomic mass is 15.0. The molecule has 0 fully saturated rings. The topological polar surface area (TPSA) is 4.93 Å². The van der Waals surface area contributed by atoms with Gasteiger partial charge < -0.3 is 4.57 Å². The van der Waals surface area contributed by atoms with Crippen LogP contribution in [0.5, 0.6) is 0 Å². The van der Waals surface area contributed by atoms with E-state index >= 15 is 0 Å². The summed E-state index contributed by atoms with van der Waals surface area (Å²) in [7, 11) is 0. The van der Waals surface area contributed by atoms with Gasteiger partial charge >= 0.3 is 0 Å². The average Bonchev–Trinajstić information content (AvgIpc) is 3.65. The van der Waals surface area contributed by atoms with E-state index in [1.807, 2.05) is 0 Å². The van der Waals surface area contributed by atoms with Crippen molar-refractivity contribution in [1.29, 1.82) is 0 Å². The third-order valence-electron chi connectivity index (χ3n) is 11.4. The molecular formula is C54H35N. The summed E-state index contributed by atoms with van der Waals surface area (Å²) in [5.74, 6) is 0. The van der Waals surface area contributed by atoms with E-state index in [2.05, 4.69) is 217 Å². The predicted octanol–water partition coefficient (Wildman–Crippen LogP) is 14.9. The Morgan fingerprint density at radius 3 is 1.29 bits per heavy atom. The molecule has 0 spiro atoms. The minimum Gasteiger partial charge on any atom is -0.316 e. The molecule has 256 valence electrons. The summed E-state index contributed by atoms with van der Waals surface area (Å²) in [4.78, 5) is 0. The fraction of sp³-hybridized carbons (Fsp3) is 0. The zero-order valence-electron chi connectivity index (χ0n) is 30.2. The van der Waals surface area contributed by atoms with Gasteiger partial charge in [0.15, 0.2) is 0 Å². The Morgan fingerprint density at radius 1 is 0.255 bits per heavy atom. The summed E-state index contributed by atoms with van der Waals surface area (Å²) in [6, 6.07) is 75.6. The maximum Gasteiger partial charge on any atom is 0.0535 e. The van der Waals surface area contributed by atoms with E-state index in [-0.39, 0.29) is 0 Å². The van der Waals surface area contributed by atoms with Crippen molar-refractivity contribution in [3.05, 3.63) is 212 Å². The Kier molecular flexibility index (Phi) is 7.25. The molecule has 0 amide bonds. The molecule has 0 saturated heterocycles. The quantitative estimate of drug-likeness (QED) is 0.158. The Balaban J connectivity index is 1.23. The maximum absolute atomic E-state index is 2.41. The SMILES string of the molecule is c1ccc(-c2ccc3c(c2)c(-c2ccccc2)cn3-c2cc(-c3cc4ccccc4c4ccccc34)cc(-c3cc4ccccc4c4ccccc34)c2)cc1. The first-order valence-electron chi connectivity index (χ1n) is 19.0. The summed E-state index contributed by atoms with van der Waals surface area (Å²) in [5.41, 5.74) is 12.0. The summed E-state index contributed by atoms with van der Waals surface area (Å²) >= 11 is 0. The monoisotopic (exact) mass is 697 g/mol. The van der Waals surface area contributed by atoms with Crippen LogP contribution in [-0.4, -0.2) is 4.57 Å². The van der Waals surface area contributed by atoms with Crippen molar-refractivity contribution in [2.75, 3.05) is 0 Å². The van der Waals surface area contributed by atoms with Gasteiger partial charge in [0.05, 0.1) is 5.52 Å². The smallest absolute Gasteiger partial charge is 0.0535 e. The molecule has 1 nitrogen and oxygen atoms in total. The molecule has 0 aliphatic carbocycles. The van der Waals surface area contributed by atoms with Crippen LogP contribution in [0.1, 0.15) is 0 Å². The highest BCUT2D eigenvalue weighted by molar-refractivity contribution is 6.16. The van der Waals surface area contributed by atoms with Crippen LogP contribution in [0.3, 0.4) is 0 Å². The highest BCUT2D eigenvalue weighted by Gasteiger charge is 2.18. The zero-order valence-corrected chi connectivity index (χ0v) is 30.2. The molecular weight excluding hydrogens is 663 g/mol. The minimum absolute atomic E-state index is 1.13. The largest absolute Gasteiger partial charge is 0.316 e. The molecule has 1 aromatic heterocycles. The van der Waals surface area contributed by atoms with Crippen LogP contribution in [0.4, 0.5) is 0 Å². The minimum atomic E-state index is 1.13. The number of benzene rings is 10. The van der Waals surface area contributed by atoms with E-state index in [1.54, 1.807) is 0 Å². The zero-order chi connectivity index (χ0) is 36.3. The first-order valence-corrected chi connectivity index (χ1v) is 19.0. The highest BCUT2D eigenvalue weighted by Crippen LogP contribution is 2.42. The first-order chi connectivity index (χ1) is 27.3. The van der Waals surface area contributed by atoms with Gasteiger partial charge in [-0.2, -0.15) is 0 Å². The third kappa shape index (κ3) is 5.24. The summed E-state index contributed by atoms with van der Waals surface area (Å²) in [6.07, 6.45) is 2.34. The lowest BCUT2D eigenvalue weighted by Gasteiger charge is -2.17. The van der Waals surface area contributed by atoms with Gasteiger partial charge in [-0.05, 0) is 124 Å². The summed E-state index contributed by atoms with van der Waals surface area (Å²) < 4.78 is 2.41. The van der Waals surface area contributed by atoms with Gasteiger partial charge in [0, 0.05) is 22.8 Å². The van der Waals surface area contributed by atoms with E-state index < -0.39 is 0 Å². The normalized spacial score (nSPS) is 11.6. The van der Waals surface area contributed by atoms with Crippen molar-refractivity contribution in [1.82, 2.24) is 4.57 Å². The van der Waals surface area contributed by atoms with Gasteiger partial charge in [0.1, 0.15) is 0 Å². The molecule has 0 unspecified atom stereocenters. The number of rotatable bonds is 5. The second kappa shape index (κ2) is 12.7. The molecule has 11 aromatic rings. The molecule has 0 atom stereocenters. The van der Waals surface area contributed by atoms with Gasteiger partial charge in [-0.25, -0.2) is 0 Å². The lowest BCUT2D eigenvalue weighted by molar-refractivity contribution is 1.13. The van der Waals surface area contributed by atoms with Crippen LogP contribution in [-0.2, 0) is 0 Å². The lowest BCUT2D eigenvalue weighted by Crippen LogP contribution is -1.96. The fourth-order valence-corrected chi connectivity index (χ4v) is 8.75. The number of nitrogens with zero attached hydrogens (tertiary/aromatic N) is 1. The van der Waals surface area contributed by atoms with Crippen LogP contribution in [0.15, 0.2) is 212 Å². The second-order valence-corrected chi connectivity index (χ2v) is 14.5. The first kappa shape index (κ1) is 31.3. The maximum atomic E-state index is 2.41. The van der Waals surface area contributed by atoms with Crippen molar-refractivity contribution >= 4 is 54.0 Å². The van der Waals surface area contributed by atoms with Gasteiger partial charge in [0.2, 0.25) is 0 Å². The van der Waals surface area contributed by atoms with Crippen LogP contribution in [0, 0.1) is 0 Å². The molecule has 11 rings (SSSR count). The van der Waals surface area contributed by atoms with Gasteiger partial charge in [-0.3, -0.25) is 0 Å². The van der Waals surface area contributed by atoms with Crippen molar-refractivity contribution < 1.29 is 0 Å². The van der Waals surface area contributed by atoms with Crippen molar-refractivity contribution in [3.63, 3.8) is 0 Å². The molecule has 0 bridgehead atoms. The summed E-state index contributed by atoms with van der Waals surface area (Å²) in [6.45, 7) is 0. The second-order valence-electron chi connectivity index (χ2n) is 14.5. The Hall–Kier alpha value is -7.22. The molecule has 1 heteroatoms.